The maximum atomic E-state index is 12.6. The molecule has 0 radical (unpaired) electrons. The third-order valence-corrected chi connectivity index (χ3v) is 4.60. The molecule has 0 spiro atoms. The number of anilines is 1. The zero-order valence-electron chi connectivity index (χ0n) is 16.8. The van der Waals surface area contributed by atoms with Gasteiger partial charge in [-0.3, -0.25) is 9.78 Å². The summed E-state index contributed by atoms with van der Waals surface area (Å²) >= 11 is 0. The van der Waals surface area contributed by atoms with E-state index < -0.39 is 5.97 Å². The molecule has 1 heterocycles. The van der Waals surface area contributed by atoms with Crippen molar-refractivity contribution in [2.75, 3.05) is 18.5 Å². The highest BCUT2D eigenvalue weighted by molar-refractivity contribution is 5.94. The lowest BCUT2D eigenvalue weighted by atomic mass is 9.99. The number of aromatic nitrogens is 1. The Morgan fingerprint density at radius 2 is 1.86 bits per heavy atom. The number of fused-ring (bicyclic) bond motifs is 1. The minimum Gasteiger partial charge on any atom is -0.482 e. The molecule has 0 aliphatic heterocycles. The zero-order valence-corrected chi connectivity index (χ0v) is 16.8. The van der Waals surface area contributed by atoms with Gasteiger partial charge in [0.25, 0.3) is 0 Å². The molecule has 0 saturated carbocycles. The number of hydrogen-bond donors (Lipinski definition) is 1. The number of rotatable bonds is 7. The van der Waals surface area contributed by atoms with E-state index in [1.807, 2.05) is 38.1 Å². The van der Waals surface area contributed by atoms with E-state index >= 15 is 0 Å². The van der Waals surface area contributed by atoms with Gasteiger partial charge in [-0.25, -0.2) is 4.79 Å². The average molecular weight is 392 g/mol. The Kier molecular flexibility index (Phi) is 6.44. The number of pyridine rings is 1. The second-order valence-corrected chi connectivity index (χ2v) is 6.66. The SMILES string of the molecule is CCOC(=O)COc1cccc(NC(=O)Cc2c(C)nc3ccccc3c2C)c1. The van der Waals surface area contributed by atoms with Crippen molar-refractivity contribution in [1.82, 2.24) is 4.98 Å². The number of carbonyl (C=O) groups excluding carboxylic acids is 2. The molecule has 0 atom stereocenters. The van der Waals surface area contributed by atoms with Gasteiger partial charge in [-0.15, -0.1) is 0 Å². The molecule has 150 valence electrons. The molecule has 1 amide bonds. The smallest absolute Gasteiger partial charge is 0.344 e. The van der Waals surface area contributed by atoms with Crippen LogP contribution < -0.4 is 10.1 Å². The van der Waals surface area contributed by atoms with Crippen LogP contribution in [-0.4, -0.2) is 30.1 Å². The van der Waals surface area contributed by atoms with E-state index in [-0.39, 0.29) is 18.9 Å². The van der Waals surface area contributed by atoms with Crippen molar-refractivity contribution >= 4 is 28.5 Å². The molecule has 0 fully saturated rings. The quantitative estimate of drug-likeness (QED) is 0.616. The third kappa shape index (κ3) is 5.10. The predicted octanol–water partition coefficient (Wildman–Crippen LogP) is 3.97. The van der Waals surface area contributed by atoms with Crippen LogP contribution in [-0.2, 0) is 20.7 Å². The van der Waals surface area contributed by atoms with Crippen LogP contribution in [0.4, 0.5) is 5.69 Å². The third-order valence-electron chi connectivity index (χ3n) is 4.60. The number of esters is 1. The highest BCUT2D eigenvalue weighted by atomic mass is 16.6. The monoisotopic (exact) mass is 392 g/mol. The second kappa shape index (κ2) is 9.19. The van der Waals surface area contributed by atoms with Crippen LogP contribution in [0.3, 0.4) is 0 Å². The molecule has 6 nitrogen and oxygen atoms in total. The Labute approximate surface area is 169 Å². The molecule has 0 bridgehead atoms. The van der Waals surface area contributed by atoms with E-state index in [0.717, 1.165) is 27.7 Å². The van der Waals surface area contributed by atoms with E-state index in [0.29, 0.717) is 18.0 Å². The van der Waals surface area contributed by atoms with Crippen molar-refractivity contribution in [3.63, 3.8) is 0 Å². The van der Waals surface area contributed by atoms with Gasteiger partial charge in [-0.1, -0.05) is 24.3 Å². The van der Waals surface area contributed by atoms with Gasteiger partial charge in [0.15, 0.2) is 6.61 Å². The molecular formula is C23H24N2O4. The Balaban J connectivity index is 1.69. The number of nitrogens with zero attached hydrogens (tertiary/aromatic N) is 1. The first-order valence-electron chi connectivity index (χ1n) is 9.51. The summed E-state index contributed by atoms with van der Waals surface area (Å²) in [6, 6.07) is 14.8. The number of nitrogens with one attached hydrogen (secondary N) is 1. The standard InChI is InChI=1S/C23H24N2O4/c1-4-28-23(27)14-29-18-9-7-8-17(12-18)25-22(26)13-20-15(2)19-10-5-6-11-21(19)24-16(20)3/h5-12H,4,13-14H2,1-3H3,(H,25,26). The largest absolute Gasteiger partial charge is 0.482 e. The van der Waals surface area contributed by atoms with E-state index in [1.54, 1.807) is 31.2 Å². The van der Waals surface area contributed by atoms with Crippen LogP contribution in [0.15, 0.2) is 48.5 Å². The highest BCUT2D eigenvalue weighted by Gasteiger charge is 2.13. The molecule has 0 aliphatic rings. The predicted molar refractivity (Wildman–Crippen MR) is 112 cm³/mol. The first-order valence-corrected chi connectivity index (χ1v) is 9.51. The molecule has 6 heteroatoms. The average Bonchev–Trinajstić information content (AvgIpc) is 2.70. The first-order chi connectivity index (χ1) is 14.0. The molecule has 0 aliphatic carbocycles. The van der Waals surface area contributed by atoms with Gasteiger partial charge in [0.05, 0.1) is 18.5 Å². The number of carbonyl (C=O) groups is 2. The molecule has 3 aromatic rings. The van der Waals surface area contributed by atoms with Gasteiger partial charge < -0.3 is 14.8 Å². The normalized spacial score (nSPS) is 10.6. The number of ether oxygens (including phenoxy) is 2. The minimum absolute atomic E-state index is 0.143. The van der Waals surface area contributed by atoms with Crippen LogP contribution in [0.1, 0.15) is 23.7 Å². The Morgan fingerprint density at radius 1 is 1.07 bits per heavy atom. The van der Waals surface area contributed by atoms with Crippen LogP contribution >= 0.6 is 0 Å². The molecule has 0 saturated heterocycles. The summed E-state index contributed by atoms with van der Waals surface area (Å²) in [6.07, 6.45) is 0.226. The maximum Gasteiger partial charge on any atom is 0.344 e. The van der Waals surface area contributed by atoms with Crippen molar-refractivity contribution in [3.05, 3.63) is 65.4 Å². The highest BCUT2D eigenvalue weighted by Crippen LogP contribution is 2.24. The molecular weight excluding hydrogens is 368 g/mol. The van der Waals surface area contributed by atoms with E-state index in [2.05, 4.69) is 10.3 Å². The van der Waals surface area contributed by atoms with Crippen LogP contribution in [0.2, 0.25) is 0 Å². The van der Waals surface area contributed by atoms with Gasteiger partial charge >= 0.3 is 5.97 Å². The molecule has 2 aromatic carbocycles. The van der Waals surface area contributed by atoms with Crippen LogP contribution in [0, 0.1) is 13.8 Å². The maximum absolute atomic E-state index is 12.6. The molecule has 29 heavy (non-hydrogen) atoms. The number of aryl methyl sites for hydroxylation is 2. The lowest BCUT2D eigenvalue weighted by Crippen LogP contribution is -2.17. The van der Waals surface area contributed by atoms with E-state index in [4.69, 9.17) is 9.47 Å². The Hall–Kier alpha value is -3.41. The number of benzene rings is 2. The summed E-state index contributed by atoms with van der Waals surface area (Å²) in [5, 5.41) is 3.93. The van der Waals surface area contributed by atoms with Crippen LogP contribution in [0.5, 0.6) is 5.75 Å². The fourth-order valence-electron chi connectivity index (χ4n) is 3.21. The van der Waals surface area contributed by atoms with Gasteiger partial charge in [-0.05, 0) is 50.1 Å². The van der Waals surface area contributed by atoms with Crippen LogP contribution in [0.25, 0.3) is 10.9 Å². The zero-order chi connectivity index (χ0) is 20.8. The van der Waals surface area contributed by atoms with Crippen molar-refractivity contribution < 1.29 is 19.1 Å². The van der Waals surface area contributed by atoms with Crippen molar-refractivity contribution in [1.29, 1.82) is 0 Å². The summed E-state index contributed by atoms with van der Waals surface area (Å²) in [5.74, 6) is -0.0943. The minimum atomic E-state index is -0.434. The molecule has 0 unspecified atom stereocenters. The number of para-hydroxylation sites is 1. The molecule has 1 aromatic heterocycles. The Bertz CT molecular complexity index is 1050. The van der Waals surface area contributed by atoms with Gasteiger partial charge in [-0.2, -0.15) is 0 Å². The fraction of sp³-hybridized carbons (Fsp3) is 0.261. The fourth-order valence-corrected chi connectivity index (χ4v) is 3.21. The van der Waals surface area contributed by atoms with Crippen molar-refractivity contribution in [2.24, 2.45) is 0 Å². The summed E-state index contributed by atoms with van der Waals surface area (Å²) in [7, 11) is 0. The molecule has 3 rings (SSSR count). The first kappa shape index (κ1) is 20.3. The van der Waals surface area contributed by atoms with E-state index in [9.17, 15) is 9.59 Å². The van der Waals surface area contributed by atoms with Crippen molar-refractivity contribution in [2.45, 2.75) is 27.2 Å². The topological polar surface area (TPSA) is 77.5 Å². The summed E-state index contributed by atoms with van der Waals surface area (Å²) in [5.41, 5.74) is 4.37. The van der Waals surface area contributed by atoms with Crippen molar-refractivity contribution in [3.8, 4) is 5.75 Å². The summed E-state index contributed by atoms with van der Waals surface area (Å²) < 4.78 is 10.2. The number of amides is 1. The lowest BCUT2D eigenvalue weighted by molar-refractivity contribution is -0.145. The van der Waals surface area contributed by atoms with Gasteiger partial charge in [0.1, 0.15) is 5.75 Å². The Morgan fingerprint density at radius 3 is 2.66 bits per heavy atom. The van der Waals surface area contributed by atoms with E-state index in [1.165, 1.54) is 0 Å². The molecule has 1 N–H and O–H groups in total. The number of hydrogen-bond acceptors (Lipinski definition) is 5. The summed E-state index contributed by atoms with van der Waals surface area (Å²) in [6.45, 7) is 5.81. The lowest BCUT2D eigenvalue weighted by Gasteiger charge is -2.13. The summed E-state index contributed by atoms with van der Waals surface area (Å²) in [4.78, 5) is 28.7. The van der Waals surface area contributed by atoms with Gasteiger partial charge in [0, 0.05) is 22.8 Å². The second-order valence-electron chi connectivity index (χ2n) is 6.66. The van der Waals surface area contributed by atoms with Gasteiger partial charge in [0.2, 0.25) is 5.91 Å².